The predicted molar refractivity (Wildman–Crippen MR) is 139 cm³/mol. The number of esters is 2. The zero-order chi connectivity index (χ0) is 29.9. The number of aliphatic carboxylic acids is 1. The van der Waals surface area contributed by atoms with Crippen LogP contribution in [0.3, 0.4) is 0 Å². The van der Waals surface area contributed by atoms with E-state index in [2.05, 4.69) is 10.2 Å². The molecule has 4 N–H and O–H groups in total. The van der Waals surface area contributed by atoms with Gasteiger partial charge in [-0.05, 0) is 58.0 Å². The maximum absolute atomic E-state index is 12.9. The Morgan fingerprint density at radius 2 is 1.98 bits per heavy atom. The standard InChI is InChI=1S/C28H34N2O11/c1-13(25(34)35)29-24(33)14(2)39-26(36)16(31)12-20(32)40-18-7-8-28(37)19-11-15-5-6-17(38-4)22-21(15)27(28,23(18)41-22)9-10-30(19)3/h5-7,13-14,16,19,23,31,37H,8-12H2,1-4H3,(H,29,33)(H,34,35)/t13-,14-,16-,19-,23-,27-,28+/m0/s1. The van der Waals surface area contributed by atoms with Crippen molar-refractivity contribution >= 4 is 23.8 Å². The number of aliphatic hydroxyl groups excluding tert-OH is 1. The fourth-order valence-corrected chi connectivity index (χ4v) is 6.70. The number of likely N-dealkylation sites (N-methyl/N-ethyl adjacent to an activating group) is 1. The van der Waals surface area contributed by atoms with Crippen LogP contribution < -0.4 is 14.8 Å². The Morgan fingerprint density at radius 1 is 1.24 bits per heavy atom. The van der Waals surface area contributed by atoms with Gasteiger partial charge in [-0.2, -0.15) is 0 Å². The molecule has 7 atom stereocenters. The van der Waals surface area contributed by atoms with Crippen molar-refractivity contribution in [3.63, 3.8) is 0 Å². The molecule has 1 aromatic carbocycles. The van der Waals surface area contributed by atoms with Gasteiger partial charge in [0.1, 0.15) is 11.8 Å². The third-order valence-electron chi connectivity index (χ3n) is 8.81. The molecule has 5 rings (SSSR count). The van der Waals surface area contributed by atoms with Crippen LogP contribution in [0.4, 0.5) is 0 Å². The Kier molecular flexibility index (Phi) is 7.24. The maximum Gasteiger partial charge on any atom is 0.336 e. The molecule has 0 unspecified atom stereocenters. The van der Waals surface area contributed by atoms with Crippen molar-refractivity contribution in [2.24, 2.45) is 0 Å². The smallest absolute Gasteiger partial charge is 0.336 e. The number of amides is 1. The fourth-order valence-electron chi connectivity index (χ4n) is 6.70. The van der Waals surface area contributed by atoms with E-state index in [1.807, 2.05) is 19.2 Å². The summed E-state index contributed by atoms with van der Waals surface area (Å²) in [5.41, 5.74) is -0.183. The Balaban J connectivity index is 1.31. The normalized spacial score (nSPS) is 29.6. The Bertz CT molecular complexity index is 1330. The lowest BCUT2D eigenvalue weighted by molar-refractivity contribution is -0.172. The monoisotopic (exact) mass is 574 g/mol. The van der Waals surface area contributed by atoms with Gasteiger partial charge >= 0.3 is 17.9 Å². The number of rotatable bonds is 9. The molecule has 0 aromatic heterocycles. The first-order valence-corrected chi connectivity index (χ1v) is 13.5. The average molecular weight is 575 g/mol. The van der Waals surface area contributed by atoms with Crippen molar-refractivity contribution in [3.05, 3.63) is 35.1 Å². The second-order valence-corrected chi connectivity index (χ2v) is 11.1. The van der Waals surface area contributed by atoms with E-state index in [9.17, 15) is 29.4 Å². The molecule has 1 amide bonds. The SMILES string of the molecule is COc1ccc2c3c1O[C@H]1C(OC(=O)C[C@H](O)C(=O)O[C@@H](C)C(=O)N[C@@H](C)C(=O)O)=CC[C@@]4(O)[C@H](C2)N(C)CC[C@]314. The van der Waals surface area contributed by atoms with Gasteiger partial charge in [-0.25, -0.2) is 4.79 Å². The van der Waals surface area contributed by atoms with E-state index < -0.39 is 65.6 Å². The zero-order valence-electron chi connectivity index (χ0n) is 23.2. The molecular weight excluding hydrogens is 540 g/mol. The lowest BCUT2D eigenvalue weighted by Gasteiger charge is -2.61. The van der Waals surface area contributed by atoms with Crippen LogP contribution in [0.5, 0.6) is 11.5 Å². The number of likely N-dealkylation sites (tertiary alicyclic amines) is 1. The van der Waals surface area contributed by atoms with Crippen LogP contribution in [-0.2, 0) is 40.5 Å². The summed E-state index contributed by atoms with van der Waals surface area (Å²) in [5.74, 6) is -3.15. The van der Waals surface area contributed by atoms with Crippen molar-refractivity contribution < 1.29 is 53.4 Å². The van der Waals surface area contributed by atoms with Gasteiger partial charge in [-0.15, -0.1) is 0 Å². The number of methoxy groups -OCH3 is 1. The van der Waals surface area contributed by atoms with E-state index in [0.29, 0.717) is 30.9 Å². The highest BCUT2D eigenvalue weighted by atomic mass is 16.6. The molecule has 2 aliphatic heterocycles. The molecule has 13 heteroatoms. The minimum atomic E-state index is -1.94. The number of carbonyl (C=O) groups excluding carboxylic acids is 3. The molecule has 2 heterocycles. The fraction of sp³-hybridized carbons (Fsp3) is 0.571. The highest BCUT2D eigenvalue weighted by Gasteiger charge is 2.72. The number of ether oxygens (including phenoxy) is 4. The summed E-state index contributed by atoms with van der Waals surface area (Å²) in [6.45, 7) is 3.13. The van der Waals surface area contributed by atoms with Crippen molar-refractivity contribution in [3.8, 4) is 11.5 Å². The van der Waals surface area contributed by atoms with E-state index in [1.165, 1.54) is 21.0 Å². The molecule has 1 fully saturated rings. The van der Waals surface area contributed by atoms with E-state index in [0.717, 1.165) is 11.1 Å². The Labute approximate surface area is 236 Å². The molecule has 0 saturated carbocycles. The van der Waals surface area contributed by atoms with Crippen LogP contribution in [0.25, 0.3) is 0 Å². The first-order chi connectivity index (χ1) is 19.3. The molecule has 1 spiro atoms. The Morgan fingerprint density at radius 3 is 2.66 bits per heavy atom. The summed E-state index contributed by atoms with van der Waals surface area (Å²) in [4.78, 5) is 50.3. The number of carbonyl (C=O) groups is 4. The third kappa shape index (κ3) is 4.43. The number of benzene rings is 1. The number of hydrogen-bond acceptors (Lipinski definition) is 11. The summed E-state index contributed by atoms with van der Waals surface area (Å²) in [5, 5.41) is 33.6. The van der Waals surface area contributed by atoms with Gasteiger partial charge in [-0.1, -0.05) is 6.07 Å². The van der Waals surface area contributed by atoms with E-state index >= 15 is 0 Å². The largest absolute Gasteiger partial charge is 0.493 e. The lowest BCUT2D eigenvalue weighted by Crippen LogP contribution is -2.74. The topological polar surface area (TPSA) is 181 Å². The molecule has 2 bridgehead atoms. The van der Waals surface area contributed by atoms with E-state index in [1.54, 1.807) is 6.08 Å². The molecule has 41 heavy (non-hydrogen) atoms. The number of nitrogens with one attached hydrogen (secondary N) is 1. The summed E-state index contributed by atoms with van der Waals surface area (Å²) in [7, 11) is 3.51. The van der Waals surface area contributed by atoms with Crippen molar-refractivity contribution in [1.29, 1.82) is 0 Å². The van der Waals surface area contributed by atoms with Crippen molar-refractivity contribution in [2.45, 2.75) is 80.9 Å². The van der Waals surface area contributed by atoms with Crippen LogP contribution in [0.1, 0.15) is 44.2 Å². The van der Waals surface area contributed by atoms with E-state index in [-0.39, 0.29) is 18.2 Å². The van der Waals surface area contributed by atoms with Gasteiger partial charge < -0.3 is 44.5 Å². The highest BCUT2D eigenvalue weighted by molar-refractivity contribution is 5.89. The van der Waals surface area contributed by atoms with Gasteiger partial charge in [0.15, 0.2) is 29.8 Å². The van der Waals surface area contributed by atoms with Gasteiger partial charge in [0.05, 0.1) is 24.5 Å². The zero-order valence-corrected chi connectivity index (χ0v) is 23.2. The number of piperidine rings is 1. The van der Waals surface area contributed by atoms with Crippen molar-refractivity contribution in [2.75, 3.05) is 20.7 Å². The van der Waals surface area contributed by atoms with Crippen LogP contribution in [0.2, 0.25) is 0 Å². The third-order valence-corrected chi connectivity index (χ3v) is 8.81. The molecule has 13 nitrogen and oxygen atoms in total. The number of hydrogen-bond donors (Lipinski definition) is 4. The molecule has 4 aliphatic rings. The number of nitrogens with zero attached hydrogens (tertiary/aromatic N) is 1. The van der Waals surface area contributed by atoms with Crippen LogP contribution >= 0.6 is 0 Å². The van der Waals surface area contributed by atoms with Crippen LogP contribution in [0, 0.1) is 0 Å². The van der Waals surface area contributed by atoms with Gasteiger partial charge in [0.25, 0.3) is 5.91 Å². The summed E-state index contributed by atoms with van der Waals surface area (Å²) in [6, 6.07) is 2.40. The molecular formula is C28H34N2O11. The molecule has 0 radical (unpaired) electrons. The van der Waals surface area contributed by atoms with Crippen molar-refractivity contribution in [1.82, 2.24) is 10.2 Å². The second kappa shape index (κ2) is 10.3. The predicted octanol–water partition coefficient (Wildman–Crippen LogP) is -0.212. The minimum absolute atomic E-state index is 0.171. The number of carboxylic acids is 1. The Hall–Kier alpha value is -3.68. The minimum Gasteiger partial charge on any atom is -0.493 e. The van der Waals surface area contributed by atoms with E-state index in [4.69, 9.17) is 24.1 Å². The molecule has 1 saturated heterocycles. The first-order valence-electron chi connectivity index (χ1n) is 13.5. The van der Waals surface area contributed by atoms with Gasteiger partial charge in [0, 0.05) is 18.0 Å². The number of carboxylic acid groups (broad SMARTS) is 1. The van der Waals surface area contributed by atoms with Crippen LogP contribution in [-0.4, -0.2) is 101 Å². The molecule has 2 aliphatic carbocycles. The molecule has 1 aromatic rings. The average Bonchev–Trinajstić information content (AvgIpc) is 3.27. The second-order valence-electron chi connectivity index (χ2n) is 11.1. The maximum atomic E-state index is 12.9. The summed E-state index contributed by atoms with van der Waals surface area (Å²) < 4.78 is 22.5. The van der Waals surface area contributed by atoms with Crippen LogP contribution in [0.15, 0.2) is 24.0 Å². The summed E-state index contributed by atoms with van der Waals surface area (Å²) in [6.07, 6.45) is -1.97. The number of aliphatic hydroxyl groups is 2. The van der Waals surface area contributed by atoms with Gasteiger partial charge in [-0.3, -0.25) is 14.4 Å². The molecule has 222 valence electrons. The van der Waals surface area contributed by atoms with Gasteiger partial charge in [0.2, 0.25) is 0 Å². The first kappa shape index (κ1) is 28.8. The highest BCUT2D eigenvalue weighted by Crippen LogP contribution is 2.65. The summed E-state index contributed by atoms with van der Waals surface area (Å²) >= 11 is 0. The quantitative estimate of drug-likeness (QED) is 0.285. The lowest BCUT2D eigenvalue weighted by atomic mass is 9.50.